The molecule has 124 valence electrons. The molecular formula is C13H16ClF3N2O2S. The summed E-state index contributed by atoms with van der Waals surface area (Å²) in [6.07, 6.45) is -0.212. The minimum absolute atomic E-state index is 0.0954. The van der Waals surface area contributed by atoms with Crippen molar-refractivity contribution in [3.8, 4) is 0 Å². The van der Waals surface area contributed by atoms with Gasteiger partial charge in [0.25, 0.3) is 10.2 Å². The van der Waals surface area contributed by atoms with Crippen molar-refractivity contribution in [3.05, 3.63) is 28.8 Å². The van der Waals surface area contributed by atoms with Crippen molar-refractivity contribution in [1.82, 2.24) is 4.72 Å². The number of anilines is 1. The van der Waals surface area contributed by atoms with Gasteiger partial charge in [-0.3, -0.25) is 4.72 Å². The van der Waals surface area contributed by atoms with Gasteiger partial charge in [0.1, 0.15) is 0 Å². The number of halogens is 4. The minimum atomic E-state index is -4.57. The second-order valence-electron chi connectivity index (χ2n) is 5.25. The van der Waals surface area contributed by atoms with Gasteiger partial charge in [-0.2, -0.15) is 26.3 Å². The number of benzene rings is 1. The summed E-state index contributed by atoms with van der Waals surface area (Å²) in [7, 11) is -3.97. The summed E-state index contributed by atoms with van der Waals surface area (Å²) in [5, 5.41) is -0.0954. The Bertz CT molecular complexity index is 629. The lowest BCUT2D eigenvalue weighted by Gasteiger charge is -2.23. The molecule has 0 saturated heterocycles. The second-order valence-corrected chi connectivity index (χ2v) is 7.10. The lowest BCUT2D eigenvalue weighted by atomic mass is 9.96. The molecule has 0 radical (unpaired) electrons. The van der Waals surface area contributed by atoms with Crippen LogP contribution in [0, 0.1) is 0 Å². The molecule has 0 unspecified atom stereocenters. The van der Waals surface area contributed by atoms with Crippen LogP contribution in [0.15, 0.2) is 18.2 Å². The number of hydrogen-bond acceptors (Lipinski definition) is 2. The fourth-order valence-corrected chi connectivity index (χ4v) is 3.81. The Kier molecular flexibility index (Phi) is 5.24. The fraction of sp³-hybridized carbons (Fsp3) is 0.538. The molecule has 9 heteroatoms. The Balaban J connectivity index is 2.14. The van der Waals surface area contributed by atoms with E-state index < -0.39 is 21.9 Å². The highest BCUT2D eigenvalue weighted by molar-refractivity contribution is 7.90. The summed E-state index contributed by atoms with van der Waals surface area (Å²) in [6.45, 7) is 0. The highest BCUT2D eigenvalue weighted by Crippen LogP contribution is 2.34. The van der Waals surface area contributed by atoms with Crippen LogP contribution in [-0.4, -0.2) is 14.5 Å². The molecule has 4 nitrogen and oxygen atoms in total. The molecule has 1 aliphatic rings. The van der Waals surface area contributed by atoms with Crippen LogP contribution in [0.1, 0.15) is 37.7 Å². The third kappa shape index (κ3) is 4.76. The van der Waals surface area contributed by atoms with Crippen LogP contribution >= 0.6 is 11.6 Å². The topological polar surface area (TPSA) is 58.2 Å². The zero-order valence-electron chi connectivity index (χ0n) is 11.6. The summed E-state index contributed by atoms with van der Waals surface area (Å²) >= 11 is 5.77. The van der Waals surface area contributed by atoms with Crippen molar-refractivity contribution in [2.45, 2.75) is 44.3 Å². The van der Waals surface area contributed by atoms with E-state index in [4.69, 9.17) is 11.6 Å². The summed E-state index contributed by atoms with van der Waals surface area (Å²) in [5.74, 6) is 0. The lowest BCUT2D eigenvalue weighted by Crippen LogP contribution is -2.39. The van der Waals surface area contributed by atoms with Crippen LogP contribution in [-0.2, 0) is 16.4 Å². The SMILES string of the molecule is O=S(=O)(Nc1cc(C(F)(F)F)ccc1Cl)NC1CCCCC1. The first-order valence-electron chi connectivity index (χ1n) is 6.84. The molecular weight excluding hydrogens is 341 g/mol. The Labute approximate surface area is 132 Å². The average Bonchev–Trinajstić information content (AvgIpc) is 2.40. The van der Waals surface area contributed by atoms with Crippen molar-refractivity contribution in [3.63, 3.8) is 0 Å². The Hall–Kier alpha value is -0.990. The number of nitrogens with one attached hydrogen (secondary N) is 2. The van der Waals surface area contributed by atoms with Gasteiger partial charge < -0.3 is 0 Å². The Morgan fingerprint density at radius 2 is 1.77 bits per heavy atom. The maximum Gasteiger partial charge on any atom is 0.416 e. The highest BCUT2D eigenvalue weighted by atomic mass is 35.5. The second kappa shape index (κ2) is 6.64. The summed E-state index contributed by atoms with van der Waals surface area (Å²) in [6, 6.07) is 2.30. The van der Waals surface area contributed by atoms with Crippen molar-refractivity contribution in [2.75, 3.05) is 4.72 Å². The predicted molar refractivity (Wildman–Crippen MR) is 79.0 cm³/mol. The van der Waals surface area contributed by atoms with Gasteiger partial charge in [0, 0.05) is 6.04 Å². The van der Waals surface area contributed by atoms with E-state index >= 15 is 0 Å². The van der Waals surface area contributed by atoms with Crippen molar-refractivity contribution < 1.29 is 21.6 Å². The first kappa shape index (κ1) is 17.4. The quantitative estimate of drug-likeness (QED) is 0.858. The number of rotatable bonds is 4. The molecule has 1 saturated carbocycles. The maximum absolute atomic E-state index is 12.7. The van der Waals surface area contributed by atoms with Gasteiger partial charge in [0.2, 0.25) is 0 Å². The molecule has 0 bridgehead atoms. The first-order valence-corrected chi connectivity index (χ1v) is 8.70. The molecule has 1 aliphatic carbocycles. The van der Waals surface area contributed by atoms with Crippen LogP contribution < -0.4 is 9.44 Å². The van der Waals surface area contributed by atoms with Gasteiger partial charge in [-0.1, -0.05) is 30.9 Å². The van der Waals surface area contributed by atoms with Crippen LogP contribution in [0.2, 0.25) is 5.02 Å². The standard InChI is InChI=1S/C13H16ClF3N2O2S/c14-11-7-6-9(13(15,16)17)8-12(11)19-22(20,21)18-10-4-2-1-3-5-10/h6-8,10,18-19H,1-5H2. The zero-order chi connectivity index (χ0) is 16.4. The monoisotopic (exact) mass is 356 g/mol. The van der Waals surface area contributed by atoms with E-state index in [1.165, 1.54) is 0 Å². The van der Waals surface area contributed by atoms with Crippen molar-refractivity contribution in [2.24, 2.45) is 0 Å². The normalized spacial score (nSPS) is 17.5. The smallest absolute Gasteiger partial charge is 0.270 e. The molecule has 22 heavy (non-hydrogen) atoms. The maximum atomic E-state index is 12.7. The molecule has 0 atom stereocenters. The molecule has 1 aromatic rings. The third-order valence-corrected chi connectivity index (χ3v) is 4.93. The van der Waals surface area contributed by atoms with Gasteiger partial charge in [0.05, 0.1) is 16.3 Å². The van der Waals surface area contributed by atoms with Crippen LogP contribution in [0.3, 0.4) is 0 Å². The van der Waals surface area contributed by atoms with E-state index in [0.717, 1.165) is 44.2 Å². The van der Waals surface area contributed by atoms with Gasteiger partial charge >= 0.3 is 6.18 Å². The molecule has 0 aliphatic heterocycles. The molecule has 2 rings (SSSR count). The van der Waals surface area contributed by atoms with E-state index in [0.29, 0.717) is 6.07 Å². The first-order chi connectivity index (χ1) is 10.2. The Morgan fingerprint density at radius 3 is 2.36 bits per heavy atom. The van der Waals surface area contributed by atoms with E-state index in [2.05, 4.69) is 9.44 Å². The Morgan fingerprint density at radius 1 is 1.14 bits per heavy atom. The van der Waals surface area contributed by atoms with E-state index in [-0.39, 0.29) is 16.8 Å². The van der Waals surface area contributed by atoms with Gasteiger partial charge in [-0.15, -0.1) is 0 Å². The molecule has 0 spiro atoms. The molecule has 0 heterocycles. The summed E-state index contributed by atoms with van der Waals surface area (Å²) in [5.41, 5.74) is -1.26. The number of hydrogen-bond donors (Lipinski definition) is 2. The lowest BCUT2D eigenvalue weighted by molar-refractivity contribution is -0.137. The average molecular weight is 357 g/mol. The van der Waals surface area contributed by atoms with Crippen LogP contribution in [0.5, 0.6) is 0 Å². The van der Waals surface area contributed by atoms with E-state index in [1.54, 1.807) is 0 Å². The predicted octanol–water partition coefficient (Wildman–Crippen LogP) is 3.94. The largest absolute Gasteiger partial charge is 0.416 e. The summed E-state index contributed by atoms with van der Waals surface area (Å²) in [4.78, 5) is 0. The zero-order valence-corrected chi connectivity index (χ0v) is 13.2. The minimum Gasteiger partial charge on any atom is -0.270 e. The van der Waals surface area contributed by atoms with Crippen molar-refractivity contribution >= 4 is 27.5 Å². The summed E-state index contributed by atoms with van der Waals surface area (Å²) < 4.78 is 66.6. The van der Waals surface area contributed by atoms with Gasteiger partial charge in [0.15, 0.2) is 0 Å². The highest BCUT2D eigenvalue weighted by Gasteiger charge is 2.31. The molecule has 1 aromatic carbocycles. The van der Waals surface area contributed by atoms with Crippen LogP contribution in [0.25, 0.3) is 0 Å². The molecule has 2 N–H and O–H groups in total. The van der Waals surface area contributed by atoms with E-state index in [9.17, 15) is 21.6 Å². The fourth-order valence-electron chi connectivity index (χ4n) is 2.39. The third-order valence-electron chi connectivity index (χ3n) is 3.46. The molecule has 0 aromatic heterocycles. The van der Waals surface area contributed by atoms with Gasteiger partial charge in [-0.05, 0) is 31.0 Å². The molecule has 0 amide bonds. The molecule has 1 fully saturated rings. The van der Waals surface area contributed by atoms with Gasteiger partial charge in [-0.25, -0.2) is 0 Å². The van der Waals surface area contributed by atoms with E-state index in [1.807, 2.05) is 0 Å². The number of alkyl halides is 3. The van der Waals surface area contributed by atoms with Crippen molar-refractivity contribution in [1.29, 1.82) is 0 Å². The van der Waals surface area contributed by atoms with Crippen LogP contribution in [0.4, 0.5) is 18.9 Å².